The van der Waals surface area contributed by atoms with Crippen molar-refractivity contribution in [3.8, 4) is 5.75 Å². The maximum Gasteiger partial charge on any atom is 0.281 e. The Morgan fingerprint density at radius 3 is 2.59 bits per heavy atom. The van der Waals surface area contributed by atoms with Gasteiger partial charge in [-0.05, 0) is 42.0 Å². The Hall–Kier alpha value is -3.05. The van der Waals surface area contributed by atoms with Crippen molar-refractivity contribution in [1.29, 1.82) is 0 Å². The van der Waals surface area contributed by atoms with E-state index < -0.39 is 0 Å². The third-order valence-electron chi connectivity index (χ3n) is 4.32. The minimum atomic E-state index is -0.294. The van der Waals surface area contributed by atoms with Gasteiger partial charge in [0.05, 0.1) is 12.0 Å². The van der Waals surface area contributed by atoms with E-state index in [1.807, 2.05) is 60.7 Å². The molecule has 4 rings (SSSR count). The van der Waals surface area contributed by atoms with Gasteiger partial charge in [-0.3, -0.25) is 4.79 Å². The molecule has 1 aliphatic rings. The minimum Gasteiger partial charge on any atom is -0.484 e. The monoisotopic (exact) mass is 380 g/mol. The molecule has 0 fully saturated rings. The summed E-state index contributed by atoms with van der Waals surface area (Å²) in [6, 6.07) is 20.0. The van der Waals surface area contributed by atoms with Gasteiger partial charge in [-0.15, -0.1) is 0 Å². The Labute approximate surface area is 161 Å². The molecule has 1 atom stereocenters. The molecule has 0 N–H and O–H groups in total. The molecular weight excluding hydrogens is 364 g/mol. The number of halogens is 1. The van der Waals surface area contributed by atoms with Gasteiger partial charge in [-0.2, -0.15) is 5.10 Å². The number of rotatable bonds is 5. The van der Waals surface area contributed by atoms with Gasteiger partial charge in [0.2, 0.25) is 0 Å². The highest BCUT2D eigenvalue weighted by atomic mass is 35.5. The van der Waals surface area contributed by atoms with Crippen LogP contribution in [-0.2, 0) is 4.79 Å². The lowest BCUT2D eigenvalue weighted by Gasteiger charge is -2.19. The molecule has 136 valence electrons. The Kier molecular flexibility index (Phi) is 4.94. The van der Waals surface area contributed by atoms with E-state index in [1.54, 1.807) is 12.3 Å². The molecule has 0 bridgehead atoms. The van der Waals surface area contributed by atoms with Crippen LogP contribution in [0.4, 0.5) is 0 Å². The van der Waals surface area contributed by atoms with E-state index >= 15 is 0 Å². The van der Waals surface area contributed by atoms with E-state index in [4.69, 9.17) is 20.8 Å². The summed E-state index contributed by atoms with van der Waals surface area (Å²) in [5, 5.41) is 6.66. The highest BCUT2D eigenvalue weighted by Gasteiger charge is 2.35. The zero-order valence-electron chi connectivity index (χ0n) is 14.4. The van der Waals surface area contributed by atoms with Gasteiger partial charge in [0.25, 0.3) is 5.91 Å². The molecule has 2 heterocycles. The topological polar surface area (TPSA) is 55.0 Å². The summed E-state index contributed by atoms with van der Waals surface area (Å²) in [6.07, 6.45) is 2.16. The fourth-order valence-electron chi connectivity index (χ4n) is 2.99. The molecule has 0 spiro atoms. The fourth-order valence-corrected chi connectivity index (χ4v) is 3.11. The third-order valence-corrected chi connectivity index (χ3v) is 4.57. The summed E-state index contributed by atoms with van der Waals surface area (Å²) >= 11 is 5.97. The molecular formula is C21H17ClN2O3. The van der Waals surface area contributed by atoms with Gasteiger partial charge >= 0.3 is 0 Å². The number of nitrogens with zero attached hydrogens (tertiary/aromatic N) is 2. The van der Waals surface area contributed by atoms with Gasteiger partial charge in [0, 0.05) is 11.4 Å². The highest BCUT2D eigenvalue weighted by molar-refractivity contribution is 6.30. The van der Waals surface area contributed by atoms with Crippen molar-refractivity contribution in [2.24, 2.45) is 5.10 Å². The van der Waals surface area contributed by atoms with Crippen LogP contribution in [0.3, 0.4) is 0 Å². The largest absolute Gasteiger partial charge is 0.484 e. The Morgan fingerprint density at radius 1 is 1.11 bits per heavy atom. The second-order valence-electron chi connectivity index (χ2n) is 6.13. The first-order valence-electron chi connectivity index (χ1n) is 8.57. The van der Waals surface area contributed by atoms with Crippen molar-refractivity contribution in [3.63, 3.8) is 0 Å². The summed E-state index contributed by atoms with van der Waals surface area (Å²) in [4.78, 5) is 12.8. The van der Waals surface area contributed by atoms with E-state index in [2.05, 4.69) is 5.10 Å². The summed E-state index contributed by atoms with van der Waals surface area (Å²) in [6.45, 7) is -0.0986. The van der Waals surface area contributed by atoms with E-state index in [1.165, 1.54) is 5.01 Å². The third kappa shape index (κ3) is 3.88. The molecule has 0 saturated heterocycles. The normalized spacial score (nSPS) is 16.3. The summed E-state index contributed by atoms with van der Waals surface area (Å²) in [5.74, 6) is 1.10. The second-order valence-corrected chi connectivity index (χ2v) is 6.57. The summed E-state index contributed by atoms with van der Waals surface area (Å²) in [5.41, 5.74) is 1.73. The maximum absolute atomic E-state index is 12.8. The number of amides is 1. The van der Waals surface area contributed by atoms with Crippen molar-refractivity contribution in [1.82, 2.24) is 5.01 Å². The molecule has 1 aliphatic heterocycles. The summed E-state index contributed by atoms with van der Waals surface area (Å²) < 4.78 is 11.1. The van der Waals surface area contributed by atoms with Gasteiger partial charge in [-0.1, -0.05) is 41.9 Å². The number of carbonyl (C=O) groups is 1. The predicted molar refractivity (Wildman–Crippen MR) is 103 cm³/mol. The van der Waals surface area contributed by atoms with Crippen molar-refractivity contribution < 1.29 is 13.9 Å². The van der Waals surface area contributed by atoms with Crippen molar-refractivity contribution in [2.75, 3.05) is 6.61 Å². The van der Waals surface area contributed by atoms with Crippen LogP contribution in [0.2, 0.25) is 5.02 Å². The Morgan fingerprint density at radius 2 is 1.89 bits per heavy atom. The van der Waals surface area contributed by atoms with Crippen LogP contribution in [0.15, 0.2) is 82.5 Å². The van der Waals surface area contributed by atoms with Crippen LogP contribution in [0.25, 0.3) is 0 Å². The zero-order chi connectivity index (χ0) is 18.6. The zero-order valence-corrected chi connectivity index (χ0v) is 15.2. The Bertz CT molecular complexity index is 937. The number of benzene rings is 2. The molecule has 1 aromatic heterocycles. The SMILES string of the molecule is O=C(COc1ccccc1)N1N=C(c2ccc(Cl)cc2)C[C@@H]1c1ccco1. The number of para-hydroxylation sites is 1. The highest BCUT2D eigenvalue weighted by Crippen LogP contribution is 2.33. The van der Waals surface area contributed by atoms with Crippen molar-refractivity contribution in [2.45, 2.75) is 12.5 Å². The first kappa shape index (κ1) is 17.4. The Balaban J connectivity index is 1.55. The van der Waals surface area contributed by atoms with Crippen molar-refractivity contribution >= 4 is 23.2 Å². The van der Waals surface area contributed by atoms with E-state index in [-0.39, 0.29) is 18.6 Å². The molecule has 0 unspecified atom stereocenters. The molecule has 1 amide bonds. The molecule has 2 aromatic carbocycles. The van der Waals surface area contributed by atoms with Gasteiger partial charge in [0.1, 0.15) is 17.6 Å². The predicted octanol–water partition coefficient (Wildman–Crippen LogP) is 4.69. The second kappa shape index (κ2) is 7.68. The number of hydrazone groups is 1. The van der Waals surface area contributed by atoms with Crippen LogP contribution in [0.1, 0.15) is 23.8 Å². The van der Waals surface area contributed by atoms with Gasteiger partial charge < -0.3 is 9.15 Å². The molecule has 27 heavy (non-hydrogen) atoms. The number of furan rings is 1. The summed E-state index contributed by atoms with van der Waals surface area (Å²) in [7, 11) is 0. The quantitative estimate of drug-likeness (QED) is 0.645. The lowest BCUT2D eigenvalue weighted by Crippen LogP contribution is -2.31. The van der Waals surface area contributed by atoms with E-state index in [0.29, 0.717) is 23.0 Å². The average molecular weight is 381 g/mol. The van der Waals surface area contributed by atoms with Crippen LogP contribution in [-0.4, -0.2) is 23.2 Å². The van der Waals surface area contributed by atoms with Gasteiger partial charge in [0.15, 0.2) is 6.61 Å². The van der Waals surface area contributed by atoms with E-state index in [0.717, 1.165) is 11.3 Å². The first-order valence-corrected chi connectivity index (χ1v) is 8.95. The fraction of sp³-hybridized carbons (Fsp3) is 0.143. The van der Waals surface area contributed by atoms with E-state index in [9.17, 15) is 4.79 Å². The lowest BCUT2D eigenvalue weighted by molar-refractivity contribution is -0.135. The lowest BCUT2D eigenvalue weighted by atomic mass is 10.0. The number of hydrogen-bond donors (Lipinski definition) is 0. The molecule has 6 heteroatoms. The maximum atomic E-state index is 12.8. The first-order chi connectivity index (χ1) is 13.2. The molecule has 0 radical (unpaired) electrons. The van der Waals surface area contributed by atoms with Crippen molar-refractivity contribution in [3.05, 3.63) is 89.3 Å². The average Bonchev–Trinajstić information content (AvgIpc) is 3.37. The molecule has 0 saturated carbocycles. The molecule has 0 aliphatic carbocycles. The minimum absolute atomic E-state index is 0.0986. The van der Waals surface area contributed by atoms with Crippen LogP contribution < -0.4 is 4.74 Å². The number of carbonyl (C=O) groups excluding carboxylic acids is 1. The number of ether oxygens (including phenoxy) is 1. The van der Waals surface area contributed by atoms with Crippen LogP contribution >= 0.6 is 11.6 Å². The standard InChI is InChI=1S/C21H17ClN2O3/c22-16-10-8-15(9-11-16)18-13-19(20-7-4-12-26-20)24(23-18)21(25)14-27-17-5-2-1-3-6-17/h1-12,19H,13-14H2/t19-/m1/s1. The van der Waals surface area contributed by atoms with Crippen LogP contribution in [0.5, 0.6) is 5.75 Å². The molecule has 3 aromatic rings. The van der Waals surface area contributed by atoms with Crippen LogP contribution in [0, 0.1) is 0 Å². The molecule has 5 nitrogen and oxygen atoms in total. The van der Waals surface area contributed by atoms with Gasteiger partial charge in [-0.25, -0.2) is 5.01 Å². The smallest absolute Gasteiger partial charge is 0.281 e. The number of hydrogen-bond acceptors (Lipinski definition) is 4.